The third kappa shape index (κ3) is 2.54. The molecule has 0 bridgehead atoms. The predicted molar refractivity (Wildman–Crippen MR) is 87.6 cm³/mol. The van der Waals surface area contributed by atoms with Crippen molar-refractivity contribution >= 4 is 33.9 Å². The maximum absolute atomic E-state index is 14.1. The van der Waals surface area contributed by atoms with Gasteiger partial charge in [0.15, 0.2) is 0 Å². The van der Waals surface area contributed by atoms with Crippen LogP contribution in [0.15, 0.2) is 42.5 Å². The fourth-order valence-electron chi connectivity index (χ4n) is 2.56. The summed E-state index contributed by atoms with van der Waals surface area (Å²) in [6.45, 7) is 1.98. The number of nitrogens with zero attached hydrogens (tertiary/aromatic N) is 2. The topological polar surface area (TPSA) is 17.8 Å². The fourth-order valence-corrected chi connectivity index (χ4v) is 3.41. The normalized spacial score (nSPS) is 12.8. The van der Waals surface area contributed by atoms with Gasteiger partial charge < -0.3 is 0 Å². The van der Waals surface area contributed by atoms with Gasteiger partial charge in [0, 0.05) is 12.0 Å². The number of hydrogen-bond donors (Lipinski definition) is 0. The lowest BCUT2D eigenvalue weighted by atomic mass is 9.95. The number of imidazole rings is 1. The maximum atomic E-state index is 14.1. The molecule has 108 valence electrons. The number of hydrogen-bond acceptors (Lipinski definition) is 1. The van der Waals surface area contributed by atoms with E-state index in [4.69, 9.17) is 0 Å². The number of para-hydroxylation sites is 2. The van der Waals surface area contributed by atoms with Crippen molar-refractivity contribution in [2.75, 3.05) is 0 Å². The van der Waals surface area contributed by atoms with Crippen molar-refractivity contribution in [3.63, 3.8) is 0 Å². The predicted octanol–water partition coefficient (Wildman–Crippen LogP) is 5.05. The Labute approximate surface area is 135 Å². The maximum Gasteiger partial charge on any atom is 0.130 e. The van der Waals surface area contributed by atoms with Crippen molar-refractivity contribution in [2.24, 2.45) is 0 Å². The van der Waals surface area contributed by atoms with Gasteiger partial charge in [-0.25, -0.2) is 13.8 Å². The van der Waals surface area contributed by atoms with Gasteiger partial charge in [-0.1, -0.05) is 25.1 Å². The molecule has 5 heteroatoms. The molecule has 0 saturated heterocycles. The van der Waals surface area contributed by atoms with Crippen LogP contribution in [0.3, 0.4) is 0 Å². The zero-order valence-corrected chi connectivity index (χ0v) is 13.5. The largest absolute Gasteiger partial charge is 0.268 e. The lowest BCUT2D eigenvalue weighted by Crippen LogP contribution is -2.07. The van der Waals surface area contributed by atoms with Crippen molar-refractivity contribution in [1.29, 1.82) is 0 Å². The van der Waals surface area contributed by atoms with E-state index in [-0.39, 0.29) is 5.92 Å². The van der Waals surface area contributed by atoms with Crippen LogP contribution in [-0.4, -0.2) is 7.76 Å². The molecule has 0 saturated carbocycles. The number of fused-ring (bicyclic) bond motifs is 1. The van der Waals surface area contributed by atoms with Gasteiger partial charge in [-0.3, -0.25) is 2.78 Å². The number of benzene rings is 2. The second-order valence-corrected chi connectivity index (χ2v) is 5.83. The monoisotopic (exact) mass is 398 g/mol. The standard InChI is InChI=1S/C16H13F2IN2/c1-2-11(12-8-7-10(17)9-13(12)18)16-20-14-5-3-4-6-15(14)21(16)19/h3-9,11H,2H2,1H3. The minimum Gasteiger partial charge on any atom is -0.268 e. The molecule has 2 aromatic carbocycles. The van der Waals surface area contributed by atoms with E-state index in [1.165, 1.54) is 12.1 Å². The lowest BCUT2D eigenvalue weighted by molar-refractivity contribution is 0.557. The summed E-state index contributed by atoms with van der Waals surface area (Å²) < 4.78 is 29.1. The minimum absolute atomic E-state index is 0.199. The van der Waals surface area contributed by atoms with Crippen LogP contribution in [0.2, 0.25) is 0 Å². The highest BCUT2D eigenvalue weighted by Gasteiger charge is 2.22. The molecule has 0 aliphatic rings. The summed E-state index contributed by atoms with van der Waals surface area (Å²) in [6.07, 6.45) is 0.689. The van der Waals surface area contributed by atoms with Gasteiger partial charge in [-0.2, -0.15) is 0 Å². The molecule has 0 aliphatic heterocycles. The van der Waals surface area contributed by atoms with Crippen LogP contribution in [0, 0.1) is 11.6 Å². The van der Waals surface area contributed by atoms with Gasteiger partial charge in [0.2, 0.25) is 0 Å². The molecule has 0 N–H and O–H groups in total. The fraction of sp³-hybridized carbons (Fsp3) is 0.188. The van der Waals surface area contributed by atoms with E-state index in [0.29, 0.717) is 12.0 Å². The number of halogens is 3. The van der Waals surface area contributed by atoms with Crippen LogP contribution >= 0.6 is 22.9 Å². The highest BCUT2D eigenvalue weighted by molar-refractivity contribution is 14.1. The van der Waals surface area contributed by atoms with E-state index < -0.39 is 11.6 Å². The second kappa shape index (κ2) is 5.71. The minimum atomic E-state index is -0.561. The molecule has 0 radical (unpaired) electrons. The van der Waals surface area contributed by atoms with Gasteiger partial charge in [-0.05, 0) is 30.2 Å². The third-order valence-electron chi connectivity index (χ3n) is 3.59. The van der Waals surface area contributed by atoms with Crippen LogP contribution in [0.25, 0.3) is 11.0 Å². The van der Waals surface area contributed by atoms with Crippen molar-refractivity contribution in [3.8, 4) is 0 Å². The van der Waals surface area contributed by atoms with E-state index in [2.05, 4.69) is 27.8 Å². The molecule has 0 spiro atoms. The molecule has 1 unspecified atom stereocenters. The molecule has 2 nitrogen and oxygen atoms in total. The average molecular weight is 398 g/mol. The van der Waals surface area contributed by atoms with Crippen LogP contribution in [0.5, 0.6) is 0 Å². The Hall–Kier alpha value is -1.50. The molecule has 3 rings (SSSR count). The van der Waals surface area contributed by atoms with Crippen LogP contribution < -0.4 is 0 Å². The molecule has 0 fully saturated rings. The Bertz CT molecular complexity index is 798. The Morgan fingerprint density at radius 3 is 2.62 bits per heavy atom. The van der Waals surface area contributed by atoms with Gasteiger partial charge in [0.05, 0.1) is 33.9 Å². The third-order valence-corrected chi connectivity index (χ3v) is 4.60. The van der Waals surface area contributed by atoms with E-state index in [1.807, 2.05) is 34.0 Å². The average Bonchev–Trinajstić information content (AvgIpc) is 2.80. The molecule has 0 amide bonds. The Kier molecular flexibility index (Phi) is 3.93. The van der Waals surface area contributed by atoms with Crippen LogP contribution in [0.4, 0.5) is 8.78 Å². The highest BCUT2D eigenvalue weighted by atomic mass is 127. The summed E-state index contributed by atoms with van der Waals surface area (Å²) in [7, 11) is 0. The first kappa shape index (κ1) is 14.4. The summed E-state index contributed by atoms with van der Waals surface area (Å²) in [6, 6.07) is 11.5. The first-order valence-electron chi connectivity index (χ1n) is 6.70. The van der Waals surface area contributed by atoms with Crippen LogP contribution in [-0.2, 0) is 0 Å². The zero-order chi connectivity index (χ0) is 15.0. The Balaban J connectivity index is 2.16. The van der Waals surface area contributed by atoms with Crippen molar-refractivity contribution < 1.29 is 8.78 Å². The smallest absolute Gasteiger partial charge is 0.130 e. The van der Waals surface area contributed by atoms with E-state index >= 15 is 0 Å². The Morgan fingerprint density at radius 1 is 1.19 bits per heavy atom. The molecular formula is C16H13F2IN2. The Morgan fingerprint density at radius 2 is 1.95 bits per heavy atom. The summed E-state index contributed by atoms with van der Waals surface area (Å²) >= 11 is 2.18. The van der Waals surface area contributed by atoms with E-state index in [1.54, 1.807) is 0 Å². The molecule has 0 aliphatic carbocycles. The molecule has 1 heterocycles. The van der Waals surface area contributed by atoms with Gasteiger partial charge in [0.1, 0.15) is 17.5 Å². The van der Waals surface area contributed by atoms with Gasteiger partial charge in [0.25, 0.3) is 0 Å². The summed E-state index contributed by atoms with van der Waals surface area (Å²) in [5.74, 6) is -0.501. The quantitative estimate of drug-likeness (QED) is 0.565. The van der Waals surface area contributed by atoms with Crippen molar-refractivity contribution in [1.82, 2.24) is 7.76 Å². The van der Waals surface area contributed by atoms with Gasteiger partial charge in [-0.15, -0.1) is 0 Å². The summed E-state index contributed by atoms with van der Waals surface area (Å²) in [5.41, 5.74) is 2.35. The lowest BCUT2D eigenvalue weighted by Gasteiger charge is -2.15. The van der Waals surface area contributed by atoms with Gasteiger partial charge >= 0.3 is 0 Å². The summed E-state index contributed by atoms with van der Waals surface area (Å²) in [4.78, 5) is 4.62. The summed E-state index contributed by atoms with van der Waals surface area (Å²) in [5, 5.41) is 0. The number of aromatic nitrogens is 2. The molecule has 3 aromatic rings. The highest BCUT2D eigenvalue weighted by Crippen LogP contribution is 2.33. The second-order valence-electron chi connectivity index (χ2n) is 4.87. The molecule has 1 atom stereocenters. The van der Waals surface area contributed by atoms with Crippen LogP contribution in [0.1, 0.15) is 30.7 Å². The first-order chi connectivity index (χ1) is 10.1. The van der Waals surface area contributed by atoms with Crippen molar-refractivity contribution in [3.05, 3.63) is 65.5 Å². The van der Waals surface area contributed by atoms with E-state index in [0.717, 1.165) is 22.9 Å². The van der Waals surface area contributed by atoms with E-state index in [9.17, 15) is 8.78 Å². The molecule has 21 heavy (non-hydrogen) atoms. The van der Waals surface area contributed by atoms with Crippen molar-refractivity contribution in [2.45, 2.75) is 19.3 Å². The first-order valence-corrected chi connectivity index (χ1v) is 7.66. The molecular weight excluding hydrogens is 385 g/mol. The SMILES string of the molecule is CCC(c1ccc(F)cc1F)c1nc2ccccc2n1I. The molecule has 1 aromatic heterocycles. The number of rotatable bonds is 3. The zero-order valence-electron chi connectivity index (χ0n) is 11.4.